The Hall–Kier alpha value is -1.05. The number of nitrogens with zero attached hydrogens (tertiary/aromatic N) is 1. The third-order valence-electron chi connectivity index (χ3n) is 2.32. The van der Waals surface area contributed by atoms with Crippen LogP contribution >= 0.6 is 0 Å². The molecular weight excluding hydrogens is 138 g/mol. The van der Waals surface area contributed by atoms with E-state index in [-0.39, 0.29) is 5.56 Å². The molecule has 2 rings (SSSR count). The van der Waals surface area contributed by atoms with Crippen LogP contribution in [0.4, 0.5) is 0 Å². The first kappa shape index (κ1) is 6.65. The van der Waals surface area contributed by atoms with E-state index in [0.29, 0.717) is 6.04 Å². The molecule has 0 atom stereocenters. The van der Waals surface area contributed by atoms with Crippen LogP contribution in [-0.2, 0) is 0 Å². The highest BCUT2D eigenvalue weighted by atomic mass is 16.1. The lowest BCUT2D eigenvalue weighted by Gasteiger charge is -2.27. The summed E-state index contributed by atoms with van der Waals surface area (Å²) >= 11 is 0. The molecule has 1 heterocycles. The predicted octanol–water partition coefficient (Wildman–Crippen LogP) is 1.57. The summed E-state index contributed by atoms with van der Waals surface area (Å²) < 4.78 is 1.84. The van der Waals surface area contributed by atoms with Crippen LogP contribution in [0.2, 0.25) is 0 Å². The van der Waals surface area contributed by atoms with Crippen molar-refractivity contribution < 1.29 is 0 Å². The SMILES string of the molecule is O=c1ccccn1C1CCC1. The van der Waals surface area contributed by atoms with E-state index < -0.39 is 0 Å². The van der Waals surface area contributed by atoms with Gasteiger partial charge in [-0.05, 0) is 25.3 Å². The van der Waals surface area contributed by atoms with Crippen molar-refractivity contribution >= 4 is 0 Å². The van der Waals surface area contributed by atoms with Crippen LogP contribution in [0, 0.1) is 0 Å². The average molecular weight is 149 g/mol. The lowest BCUT2D eigenvalue weighted by atomic mass is 9.93. The number of rotatable bonds is 1. The summed E-state index contributed by atoms with van der Waals surface area (Å²) in [4.78, 5) is 11.2. The topological polar surface area (TPSA) is 22.0 Å². The summed E-state index contributed by atoms with van der Waals surface area (Å²) in [5, 5.41) is 0. The first-order valence-corrected chi connectivity index (χ1v) is 4.05. The van der Waals surface area contributed by atoms with Gasteiger partial charge in [-0.2, -0.15) is 0 Å². The molecule has 1 fully saturated rings. The normalized spacial score (nSPS) is 17.8. The van der Waals surface area contributed by atoms with Crippen molar-refractivity contribution in [3.8, 4) is 0 Å². The first-order chi connectivity index (χ1) is 5.38. The molecule has 1 aliphatic rings. The zero-order valence-electron chi connectivity index (χ0n) is 6.36. The van der Waals surface area contributed by atoms with E-state index in [1.807, 2.05) is 16.8 Å². The van der Waals surface area contributed by atoms with Crippen molar-refractivity contribution in [3.63, 3.8) is 0 Å². The van der Waals surface area contributed by atoms with E-state index in [4.69, 9.17) is 0 Å². The fraction of sp³-hybridized carbons (Fsp3) is 0.444. The highest BCUT2D eigenvalue weighted by Crippen LogP contribution is 2.29. The van der Waals surface area contributed by atoms with E-state index in [2.05, 4.69) is 0 Å². The van der Waals surface area contributed by atoms with Crippen molar-refractivity contribution in [2.45, 2.75) is 25.3 Å². The van der Waals surface area contributed by atoms with Crippen LogP contribution in [0.15, 0.2) is 29.2 Å². The van der Waals surface area contributed by atoms with Crippen LogP contribution in [-0.4, -0.2) is 4.57 Å². The molecule has 58 valence electrons. The largest absolute Gasteiger partial charge is 0.312 e. The highest BCUT2D eigenvalue weighted by molar-refractivity contribution is 4.96. The summed E-state index contributed by atoms with van der Waals surface area (Å²) in [6.45, 7) is 0. The molecule has 1 saturated carbocycles. The molecule has 1 aliphatic carbocycles. The zero-order chi connectivity index (χ0) is 7.68. The Labute approximate surface area is 65.5 Å². The maximum atomic E-state index is 11.2. The Morgan fingerprint density at radius 2 is 2.18 bits per heavy atom. The van der Waals surface area contributed by atoms with E-state index >= 15 is 0 Å². The van der Waals surface area contributed by atoms with Crippen molar-refractivity contribution in [1.82, 2.24) is 4.57 Å². The van der Waals surface area contributed by atoms with E-state index in [1.54, 1.807) is 12.1 Å². The maximum Gasteiger partial charge on any atom is 0.250 e. The van der Waals surface area contributed by atoms with Gasteiger partial charge in [-0.25, -0.2) is 0 Å². The van der Waals surface area contributed by atoms with Crippen molar-refractivity contribution in [2.24, 2.45) is 0 Å². The Morgan fingerprint density at radius 3 is 2.73 bits per heavy atom. The number of hydrogen-bond acceptors (Lipinski definition) is 1. The minimum atomic E-state index is 0.136. The molecule has 0 aliphatic heterocycles. The highest BCUT2D eigenvalue weighted by Gasteiger charge is 2.18. The van der Waals surface area contributed by atoms with Gasteiger partial charge in [-0.1, -0.05) is 6.07 Å². The van der Waals surface area contributed by atoms with E-state index in [0.717, 1.165) is 0 Å². The fourth-order valence-corrected chi connectivity index (χ4v) is 1.41. The van der Waals surface area contributed by atoms with Crippen LogP contribution in [0.3, 0.4) is 0 Å². The third-order valence-corrected chi connectivity index (χ3v) is 2.32. The summed E-state index contributed by atoms with van der Waals surface area (Å²) in [7, 11) is 0. The number of pyridine rings is 1. The molecule has 1 aromatic rings. The second kappa shape index (κ2) is 2.53. The molecule has 0 radical (unpaired) electrons. The smallest absolute Gasteiger partial charge is 0.250 e. The second-order valence-corrected chi connectivity index (χ2v) is 3.03. The third kappa shape index (κ3) is 1.09. The molecule has 0 unspecified atom stereocenters. The summed E-state index contributed by atoms with van der Waals surface area (Å²) in [5.74, 6) is 0. The van der Waals surface area contributed by atoms with Crippen molar-refractivity contribution in [1.29, 1.82) is 0 Å². The molecular formula is C9H11NO. The van der Waals surface area contributed by atoms with Gasteiger partial charge in [0.1, 0.15) is 0 Å². The van der Waals surface area contributed by atoms with Crippen LogP contribution < -0.4 is 5.56 Å². The van der Waals surface area contributed by atoms with Gasteiger partial charge in [-0.15, -0.1) is 0 Å². The van der Waals surface area contributed by atoms with E-state index in [1.165, 1.54) is 19.3 Å². The molecule has 0 saturated heterocycles. The second-order valence-electron chi connectivity index (χ2n) is 3.03. The predicted molar refractivity (Wildman–Crippen MR) is 43.6 cm³/mol. The van der Waals surface area contributed by atoms with Gasteiger partial charge in [0.15, 0.2) is 0 Å². The summed E-state index contributed by atoms with van der Waals surface area (Å²) in [6, 6.07) is 5.82. The Bertz CT molecular complexity index is 298. The standard InChI is InChI=1S/C9H11NO/c11-9-6-1-2-7-10(9)8-4-3-5-8/h1-2,6-8H,3-5H2. The van der Waals surface area contributed by atoms with Crippen LogP contribution in [0.25, 0.3) is 0 Å². The lowest BCUT2D eigenvalue weighted by molar-refractivity contribution is 0.306. The van der Waals surface area contributed by atoms with Gasteiger partial charge in [-0.3, -0.25) is 4.79 Å². The van der Waals surface area contributed by atoms with Crippen LogP contribution in [0.1, 0.15) is 25.3 Å². The molecule has 0 bridgehead atoms. The van der Waals surface area contributed by atoms with Crippen molar-refractivity contribution in [2.75, 3.05) is 0 Å². The van der Waals surface area contributed by atoms with Gasteiger partial charge in [0.25, 0.3) is 5.56 Å². The van der Waals surface area contributed by atoms with Gasteiger partial charge >= 0.3 is 0 Å². The summed E-state index contributed by atoms with van der Waals surface area (Å²) in [5.41, 5.74) is 0.136. The fourth-order valence-electron chi connectivity index (χ4n) is 1.41. The Balaban J connectivity index is 2.36. The molecule has 1 aromatic heterocycles. The van der Waals surface area contributed by atoms with Gasteiger partial charge in [0.2, 0.25) is 0 Å². The molecule has 11 heavy (non-hydrogen) atoms. The lowest BCUT2D eigenvalue weighted by Crippen LogP contribution is -2.27. The molecule has 2 heteroatoms. The quantitative estimate of drug-likeness (QED) is 0.594. The van der Waals surface area contributed by atoms with Gasteiger partial charge in [0, 0.05) is 18.3 Å². The number of hydrogen-bond donors (Lipinski definition) is 0. The number of aromatic nitrogens is 1. The molecule has 0 spiro atoms. The molecule has 0 aromatic carbocycles. The molecule has 0 amide bonds. The monoisotopic (exact) mass is 149 g/mol. The van der Waals surface area contributed by atoms with Gasteiger partial charge in [0.05, 0.1) is 0 Å². The Kier molecular flexibility index (Phi) is 1.53. The van der Waals surface area contributed by atoms with Crippen molar-refractivity contribution in [3.05, 3.63) is 34.7 Å². The maximum absolute atomic E-state index is 11.2. The van der Waals surface area contributed by atoms with Crippen LogP contribution in [0.5, 0.6) is 0 Å². The van der Waals surface area contributed by atoms with Gasteiger partial charge < -0.3 is 4.57 Å². The summed E-state index contributed by atoms with van der Waals surface area (Å²) in [6.07, 6.45) is 5.49. The van der Waals surface area contributed by atoms with E-state index in [9.17, 15) is 4.79 Å². The molecule has 2 nitrogen and oxygen atoms in total. The average Bonchev–Trinajstić information content (AvgIpc) is 1.90. The minimum Gasteiger partial charge on any atom is -0.312 e. The molecule has 0 N–H and O–H groups in total. The Morgan fingerprint density at radius 1 is 1.36 bits per heavy atom. The zero-order valence-corrected chi connectivity index (χ0v) is 6.36. The first-order valence-electron chi connectivity index (χ1n) is 4.05. The minimum absolute atomic E-state index is 0.136.